The van der Waals surface area contributed by atoms with Crippen LogP contribution in [0, 0.1) is 0 Å². The molecule has 0 atom stereocenters. The Balaban J connectivity index is 1.70. The first-order valence-corrected chi connectivity index (χ1v) is 10.3. The molecule has 1 aliphatic rings. The number of ether oxygens (including phenoxy) is 1. The van der Waals surface area contributed by atoms with Crippen molar-refractivity contribution in [2.45, 2.75) is 23.1 Å². The summed E-state index contributed by atoms with van der Waals surface area (Å²) in [5, 5.41) is 1.71. The molecule has 0 unspecified atom stereocenters. The highest BCUT2D eigenvalue weighted by molar-refractivity contribution is 7.94. The lowest BCUT2D eigenvalue weighted by molar-refractivity contribution is 0.0680. The standard InChI is InChI=1S/C17H20N2O4S2/c1-23-11-10-19(15-8-9-15)17(20)13-4-6-14(7-5-13)18-25(21,22)16-3-2-12-24-16/h2-7,12,15,18H,8-11H2,1H3. The van der Waals surface area contributed by atoms with Gasteiger partial charge in [-0.1, -0.05) is 6.07 Å². The molecule has 3 rings (SSSR count). The average Bonchev–Trinajstić information content (AvgIpc) is 3.26. The van der Waals surface area contributed by atoms with Crippen LogP contribution in [0.5, 0.6) is 0 Å². The number of thiophene rings is 1. The number of nitrogens with zero attached hydrogens (tertiary/aromatic N) is 1. The van der Waals surface area contributed by atoms with Crippen LogP contribution in [0.2, 0.25) is 0 Å². The summed E-state index contributed by atoms with van der Waals surface area (Å²) in [5.74, 6) is -0.0489. The van der Waals surface area contributed by atoms with Gasteiger partial charge in [-0.3, -0.25) is 9.52 Å². The van der Waals surface area contributed by atoms with Crippen molar-refractivity contribution >= 4 is 33.0 Å². The van der Waals surface area contributed by atoms with Crippen molar-refractivity contribution in [1.29, 1.82) is 0 Å². The van der Waals surface area contributed by atoms with Gasteiger partial charge in [0.15, 0.2) is 0 Å². The van der Waals surface area contributed by atoms with Crippen molar-refractivity contribution in [2.75, 3.05) is 25.0 Å². The molecule has 1 aromatic heterocycles. The lowest BCUT2D eigenvalue weighted by atomic mass is 10.2. The zero-order valence-corrected chi connectivity index (χ0v) is 15.5. The Morgan fingerprint density at radius 2 is 2.00 bits per heavy atom. The number of nitrogens with one attached hydrogen (secondary N) is 1. The number of anilines is 1. The molecule has 1 saturated carbocycles. The summed E-state index contributed by atoms with van der Waals surface area (Å²) in [7, 11) is -1.96. The van der Waals surface area contributed by atoms with Gasteiger partial charge in [-0.05, 0) is 48.6 Å². The fraction of sp³-hybridized carbons (Fsp3) is 0.353. The molecule has 1 N–H and O–H groups in total. The molecule has 1 heterocycles. The molecule has 1 fully saturated rings. The smallest absolute Gasteiger partial charge is 0.271 e. The van der Waals surface area contributed by atoms with E-state index in [4.69, 9.17) is 4.74 Å². The van der Waals surface area contributed by atoms with Crippen LogP contribution in [-0.2, 0) is 14.8 Å². The maximum Gasteiger partial charge on any atom is 0.271 e. The van der Waals surface area contributed by atoms with E-state index in [2.05, 4.69) is 4.72 Å². The second-order valence-corrected chi connectivity index (χ2v) is 8.69. The summed E-state index contributed by atoms with van der Waals surface area (Å²) in [5.41, 5.74) is 0.974. The van der Waals surface area contributed by atoms with Crippen LogP contribution in [0.3, 0.4) is 0 Å². The molecular formula is C17H20N2O4S2. The zero-order chi connectivity index (χ0) is 17.9. The minimum absolute atomic E-state index is 0.0489. The lowest BCUT2D eigenvalue weighted by Gasteiger charge is -2.22. The maximum atomic E-state index is 12.6. The number of sulfonamides is 1. The summed E-state index contributed by atoms with van der Waals surface area (Å²) in [6.45, 7) is 1.06. The van der Waals surface area contributed by atoms with Crippen LogP contribution in [0.25, 0.3) is 0 Å². The number of carbonyl (C=O) groups is 1. The van der Waals surface area contributed by atoms with E-state index in [-0.39, 0.29) is 10.1 Å². The third-order valence-corrected chi connectivity index (χ3v) is 6.71. The molecule has 1 aromatic carbocycles. The molecule has 0 saturated heterocycles. The van der Waals surface area contributed by atoms with Gasteiger partial charge in [0.05, 0.1) is 6.61 Å². The minimum Gasteiger partial charge on any atom is -0.383 e. The number of amides is 1. The highest BCUT2D eigenvalue weighted by Crippen LogP contribution is 2.28. The van der Waals surface area contributed by atoms with Crippen molar-refractivity contribution in [3.63, 3.8) is 0 Å². The second-order valence-electron chi connectivity index (χ2n) is 5.84. The average molecular weight is 380 g/mol. The molecule has 1 amide bonds. The second kappa shape index (κ2) is 7.55. The van der Waals surface area contributed by atoms with Crippen molar-refractivity contribution < 1.29 is 17.9 Å². The van der Waals surface area contributed by atoms with E-state index in [0.29, 0.717) is 30.4 Å². The molecule has 0 radical (unpaired) electrons. The third-order valence-electron chi connectivity index (χ3n) is 3.93. The van der Waals surface area contributed by atoms with E-state index >= 15 is 0 Å². The number of carbonyl (C=O) groups excluding carboxylic acids is 1. The van der Waals surface area contributed by atoms with Crippen LogP contribution in [0.1, 0.15) is 23.2 Å². The summed E-state index contributed by atoms with van der Waals surface area (Å²) in [6.07, 6.45) is 2.04. The van der Waals surface area contributed by atoms with Crippen LogP contribution in [0.4, 0.5) is 5.69 Å². The Morgan fingerprint density at radius 1 is 1.28 bits per heavy atom. The van der Waals surface area contributed by atoms with Crippen molar-refractivity contribution in [3.8, 4) is 0 Å². The van der Waals surface area contributed by atoms with E-state index in [1.807, 2.05) is 4.90 Å². The Labute approximate surface area is 151 Å². The molecule has 134 valence electrons. The van der Waals surface area contributed by atoms with Crippen molar-refractivity contribution in [1.82, 2.24) is 4.90 Å². The molecule has 0 aliphatic heterocycles. The lowest BCUT2D eigenvalue weighted by Crippen LogP contribution is -2.35. The predicted molar refractivity (Wildman–Crippen MR) is 97.5 cm³/mol. The van der Waals surface area contributed by atoms with Crippen LogP contribution in [-0.4, -0.2) is 45.5 Å². The van der Waals surface area contributed by atoms with Gasteiger partial charge in [0, 0.05) is 30.9 Å². The first-order valence-electron chi connectivity index (χ1n) is 7.97. The Bertz CT molecular complexity index is 813. The summed E-state index contributed by atoms with van der Waals surface area (Å²) < 4.78 is 32.3. The molecule has 6 nitrogen and oxygen atoms in total. The number of hydrogen-bond acceptors (Lipinski definition) is 5. The van der Waals surface area contributed by atoms with E-state index in [1.165, 1.54) is 0 Å². The Hall–Kier alpha value is -1.90. The van der Waals surface area contributed by atoms with Crippen LogP contribution < -0.4 is 4.72 Å². The van der Waals surface area contributed by atoms with Gasteiger partial charge in [-0.15, -0.1) is 11.3 Å². The highest BCUT2D eigenvalue weighted by atomic mass is 32.2. The van der Waals surface area contributed by atoms with E-state index in [0.717, 1.165) is 24.2 Å². The highest BCUT2D eigenvalue weighted by Gasteiger charge is 2.32. The Kier molecular flexibility index (Phi) is 5.41. The maximum absolute atomic E-state index is 12.6. The summed E-state index contributed by atoms with van der Waals surface area (Å²) in [4.78, 5) is 14.5. The van der Waals surface area contributed by atoms with Gasteiger partial charge < -0.3 is 9.64 Å². The molecule has 25 heavy (non-hydrogen) atoms. The monoisotopic (exact) mass is 380 g/mol. The van der Waals surface area contributed by atoms with Gasteiger partial charge >= 0.3 is 0 Å². The molecule has 8 heteroatoms. The van der Waals surface area contributed by atoms with E-state index in [9.17, 15) is 13.2 Å². The van der Waals surface area contributed by atoms with E-state index < -0.39 is 10.0 Å². The zero-order valence-electron chi connectivity index (χ0n) is 13.8. The number of methoxy groups -OCH3 is 1. The number of benzene rings is 1. The first-order chi connectivity index (χ1) is 12.0. The number of rotatable bonds is 8. The number of hydrogen-bond donors (Lipinski definition) is 1. The van der Waals surface area contributed by atoms with Crippen LogP contribution in [0.15, 0.2) is 46.0 Å². The van der Waals surface area contributed by atoms with Gasteiger partial charge in [0.1, 0.15) is 4.21 Å². The molecule has 0 bridgehead atoms. The Morgan fingerprint density at radius 3 is 2.56 bits per heavy atom. The SMILES string of the molecule is COCCN(C(=O)c1ccc(NS(=O)(=O)c2cccs2)cc1)C1CC1. The first kappa shape index (κ1) is 17.9. The fourth-order valence-corrected chi connectivity index (χ4v) is 4.55. The topological polar surface area (TPSA) is 75.7 Å². The van der Waals surface area contributed by atoms with Gasteiger partial charge in [-0.25, -0.2) is 8.42 Å². The molecular weight excluding hydrogens is 360 g/mol. The molecule has 1 aliphatic carbocycles. The largest absolute Gasteiger partial charge is 0.383 e. The normalized spacial score (nSPS) is 14.3. The third kappa shape index (κ3) is 4.39. The van der Waals surface area contributed by atoms with Crippen molar-refractivity contribution in [2.24, 2.45) is 0 Å². The van der Waals surface area contributed by atoms with Gasteiger partial charge in [-0.2, -0.15) is 0 Å². The fourth-order valence-electron chi connectivity index (χ4n) is 2.49. The quantitative estimate of drug-likeness (QED) is 0.764. The summed E-state index contributed by atoms with van der Waals surface area (Å²) >= 11 is 1.16. The molecule has 2 aromatic rings. The predicted octanol–water partition coefficient (Wildman–Crippen LogP) is 2.80. The van der Waals surface area contributed by atoms with Crippen molar-refractivity contribution in [3.05, 3.63) is 47.3 Å². The van der Waals surface area contributed by atoms with E-state index in [1.54, 1.807) is 48.9 Å². The summed E-state index contributed by atoms with van der Waals surface area (Å²) in [6, 6.07) is 10.1. The molecule has 0 spiro atoms. The van der Waals surface area contributed by atoms with Gasteiger partial charge in [0.2, 0.25) is 0 Å². The van der Waals surface area contributed by atoms with Crippen LogP contribution >= 0.6 is 11.3 Å². The minimum atomic E-state index is -3.58. The van der Waals surface area contributed by atoms with Gasteiger partial charge in [0.25, 0.3) is 15.9 Å².